The van der Waals surface area contributed by atoms with E-state index in [2.05, 4.69) is 5.32 Å². The zero-order valence-corrected chi connectivity index (χ0v) is 10.9. The van der Waals surface area contributed by atoms with Crippen LogP contribution in [0, 0.1) is 11.6 Å². The van der Waals surface area contributed by atoms with Gasteiger partial charge in [0.15, 0.2) is 11.6 Å². The van der Waals surface area contributed by atoms with Crippen LogP contribution in [-0.4, -0.2) is 5.91 Å². The fourth-order valence-corrected chi connectivity index (χ4v) is 1.76. The van der Waals surface area contributed by atoms with Gasteiger partial charge in [-0.25, -0.2) is 8.78 Å². The van der Waals surface area contributed by atoms with Crippen molar-refractivity contribution in [1.29, 1.82) is 0 Å². The summed E-state index contributed by atoms with van der Waals surface area (Å²) in [7, 11) is 0. The Morgan fingerprint density at radius 1 is 1.00 bits per heavy atom. The van der Waals surface area contributed by atoms with Crippen molar-refractivity contribution < 1.29 is 13.6 Å². The van der Waals surface area contributed by atoms with Gasteiger partial charge in [0.25, 0.3) is 5.91 Å². The van der Waals surface area contributed by atoms with Crippen LogP contribution in [0.2, 0.25) is 10.0 Å². The first-order valence-corrected chi connectivity index (χ1v) is 5.94. The lowest BCUT2D eigenvalue weighted by molar-refractivity contribution is 0.102. The summed E-state index contributed by atoms with van der Waals surface area (Å²) in [6, 6.07) is 7.41. The van der Waals surface area contributed by atoms with E-state index in [4.69, 9.17) is 23.2 Å². The first-order valence-electron chi connectivity index (χ1n) is 5.19. The molecule has 0 unspecified atom stereocenters. The Balaban J connectivity index is 2.25. The van der Waals surface area contributed by atoms with E-state index >= 15 is 0 Å². The topological polar surface area (TPSA) is 29.1 Å². The standard InChI is InChI=1S/C13H7Cl2F2NO/c14-8-2-3-9(15)12(6-8)18-13(19)7-1-4-10(16)11(17)5-7/h1-6H,(H,18,19). The molecule has 19 heavy (non-hydrogen) atoms. The van der Waals surface area contributed by atoms with Crippen molar-refractivity contribution in [2.45, 2.75) is 0 Å². The van der Waals surface area contributed by atoms with Crippen molar-refractivity contribution in [2.24, 2.45) is 0 Å². The number of nitrogens with one attached hydrogen (secondary N) is 1. The molecule has 1 amide bonds. The second-order valence-corrected chi connectivity index (χ2v) is 4.55. The quantitative estimate of drug-likeness (QED) is 0.868. The lowest BCUT2D eigenvalue weighted by Crippen LogP contribution is -2.12. The zero-order valence-electron chi connectivity index (χ0n) is 9.38. The number of carbonyl (C=O) groups is 1. The lowest BCUT2D eigenvalue weighted by Gasteiger charge is -2.08. The van der Waals surface area contributed by atoms with E-state index in [0.717, 1.165) is 12.1 Å². The van der Waals surface area contributed by atoms with E-state index < -0.39 is 17.5 Å². The second kappa shape index (κ2) is 5.55. The van der Waals surface area contributed by atoms with E-state index in [1.807, 2.05) is 0 Å². The Morgan fingerprint density at radius 2 is 1.74 bits per heavy atom. The Hall–Kier alpha value is -1.65. The minimum absolute atomic E-state index is 0.0186. The first-order chi connectivity index (χ1) is 8.97. The molecular formula is C13H7Cl2F2NO. The molecular weight excluding hydrogens is 295 g/mol. The third-order valence-corrected chi connectivity index (χ3v) is 2.92. The van der Waals surface area contributed by atoms with Crippen LogP contribution in [0.1, 0.15) is 10.4 Å². The highest BCUT2D eigenvalue weighted by molar-refractivity contribution is 6.35. The molecule has 0 atom stereocenters. The van der Waals surface area contributed by atoms with Crippen molar-refractivity contribution in [3.63, 3.8) is 0 Å². The molecule has 98 valence electrons. The average molecular weight is 302 g/mol. The summed E-state index contributed by atoms with van der Waals surface area (Å²) in [5.74, 6) is -2.72. The molecule has 0 aromatic heterocycles. The molecule has 2 aromatic carbocycles. The van der Waals surface area contributed by atoms with Gasteiger partial charge >= 0.3 is 0 Å². The number of benzene rings is 2. The van der Waals surface area contributed by atoms with Crippen molar-refractivity contribution in [1.82, 2.24) is 0 Å². The lowest BCUT2D eigenvalue weighted by atomic mass is 10.2. The summed E-state index contributed by atoms with van der Waals surface area (Å²) < 4.78 is 25.8. The largest absolute Gasteiger partial charge is 0.321 e. The number of rotatable bonds is 2. The number of halogens is 4. The van der Waals surface area contributed by atoms with Crippen LogP contribution in [0.4, 0.5) is 14.5 Å². The van der Waals surface area contributed by atoms with E-state index in [-0.39, 0.29) is 5.56 Å². The van der Waals surface area contributed by atoms with Gasteiger partial charge in [-0.2, -0.15) is 0 Å². The minimum atomic E-state index is -1.09. The third kappa shape index (κ3) is 3.22. The number of carbonyl (C=O) groups excluding carboxylic acids is 1. The Morgan fingerprint density at radius 3 is 2.42 bits per heavy atom. The molecule has 0 spiro atoms. The van der Waals surface area contributed by atoms with Crippen LogP contribution >= 0.6 is 23.2 Å². The molecule has 0 bridgehead atoms. The van der Waals surface area contributed by atoms with Crippen LogP contribution in [-0.2, 0) is 0 Å². The maximum absolute atomic E-state index is 13.0. The molecule has 0 saturated heterocycles. The van der Waals surface area contributed by atoms with E-state index in [1.165, 1.54) is 18.2 Å². The Bertz CT molecular complexity index is 647. The highest BCUT2D eigenvalue weighted by atomic mass is 35.5. The van der Waals surface area contributed by atoms with Gasteiger partial charge in [-0.15, -0.1) is 0 Å². The molecule has 0 fully saturated rings. The van der Waals surface area contributed by atoms with Crippen molar-refractivity contribution >= 4 is 34.8 Å². The zero-order chi connectivity index (χ0) is 14.0. The normalized spacial score (nSPS) is 10.3. The van der Waals surface area contributed by atoms with Crippen LogP contribution in [0.25, 0.3) is 0 Å². The molecule has 0 aliphatic rings. The number of anilines is 1. The maximum atomic E-state index is 13.0. The highest BCUT2D eigenvalue weighted by Gasteiger charge is 2.11. The highest BCUT2D eigenvalue weighted by Crippen LogP contribution is 2.26. The summed E-state index contributed by atoms with van der Waals surface area (Å²) >= 11 is 11.6. The van der Waals surface area contributed by atoms with Gasteiger partial charge in [0.1, 0.15) is 0 Å². The predicted molar refractivity (Wildman–Crippen MR) is 70.8 cm³/mol. The minimum Gasteiger partial charge on any atom is -0.321 e. The van der Waals surface area contributed by atoms with Gasteiger partial charge in [-0.1, -0.05) is 23.2 Å². The molecule has 2 nitrogen and oxygen atoms in total. The van der Waals surface area contributed by atoms with Gasteiger partial charge in [0.2, 0.25) is 0 Å². The van der Waals surface area contributed by atoms with E-state index in [9.17, 15) is 13.6 Å². The SMILES string of the molecule is O=C(Nc1cc(Cl)ccc1Cl)c1ccc(F)c(F)c1. The second-order valence-electron chi connectivity index (χ2n) is 3.71. The molecule has 0 aliphatic carbocycles. The maximum Gasteiger partial charge on any atom is 0.255 e. The molecule has 1 N–H and O–H groups in total. The summed E-state index contributed by atoms with van der Waals surface area (Å²) in [5.41, 5.74) is 0.277. The van der Waals surface area contributed by atoms with Crippen molar-refractivity contribution in [3.8, 4) is 0 Å². The summed E-state index contributed by atoms with van der Waals surface area (Å²) in [6.07, 6.45) is 0. The summed E-state index contributed by atoms with van der Waals surface area (Å²) in [5, 5.41) is 3.16. The fourth-order valence-electron chi connectivity index (χ4n) is 1.43. The van der Waals surface area contributed by atoms with Gasteiger partial charge in [0, 0.05) is 10.6 Å². The Labute approximate surface area is 118 Å². The van der Waals surface area contributed by atoms with E-state index in [1.54, 1.807) is 6.07 Å². The molecule has 0 saturated carbocycles. The summed E-state index contributed by atoms with van der Waals surface area (Å²) in [4.78, 5) is 11.8. The van der Waals surface area contributed by atoms with Crippen LogP contribution in [0.3, 0.4) is 0 Å². The molecule has 0 heterocycles. The van der Waals surface area contributed by atoms with E-state index in [0.29, 0.717) is 15.7 Å². The molecule has 0 aliphatic heterocycles. The number of amides is 1. The van der Waals surface area contributed by atoms with Gasteiger partial charge in [-0.3, -0.25) is 4.79 Å². The number of hydrogen-bond acceptors (Lipinski definition) is 1. The van der Waals surface area contributed by atoms with Crippen molar-refractivity contribution in [3.05, 3.63) is 63.6 Å². The van der Waals surface area contributed by atoms with Crippen LogP contribution in [0.5, 0.6) is 0 Å². The monoisotopic (exact) mass is 301 g/mol. The van der Waals surface area contributed by atoms with Crippen molar-refractivity contribution in [2.75, 3.05) is 5.32 Å². The summed E-state index contributed by atoms with van der Waals surface area (Å²) in [6.45, 7) is 0. The molecule has 0 radical (unpaired) electrons. The average Bonchev–Trinajstić information content (AvgIpc) is 2.37. The Kier molecular flexibility index (Phi) is 4.02. The first kappa shape index (κ1) is 13.8. The molecule has 2 rings (SSSR count). The van der Waals surface area contributed by atoms with Gasteiger partial charge < -0.3 is 5.32 Å². The third-order valence-electron chi connectivity index (χ3n) is 2.36. The van der Waals surface area contributed by atoms with Gasteiger partial charge in [0.05, 0.1) is 10.7 Å². The predicted octanol–water partition coefficient (Wildman–Crippen LogP) is 4.52. The molecule has 2 aromatic rings. The smallest absolute Gasteiger partial charge is 0.255 e. The van der Waals surface area contributed by atoms with Crippen LogP contribution in [0.15, 0.2) is 36.4 Å². The fraction of sp³-hybridized carbons (Fsp3) is 0. The van der Waals surface area contributed by atoms with Gasteiger partial charge in [-0.05, 0) is 36.4 Å². The number of hydrogen-bond donors (Lipinski definition) is 1. The van der Waals surface area contributed by atoms with Crippen LogP contribution < -0.4 is 5.32 Å². The molecule has 6 heteroatoms.